The third kappa shape index (κ3) is 4.03. The standard InChI is InChI=1S/C18H16FN3O4S/c1-11(18-20-13-5-3-4-6-16(13)27-18)21(2)17(23)10-26-15-9-12(19)7-8-14(15)22(24)25/h3-9,11H,10H2,1-2H3/t11-/m1/s1. The minimum absolute atomic E-state index is 0.283. The van der Waals surface area contributed by atoms with Crippen LogP contribution in [0.15, 0.2) is 42.5 Å². The molecule has 1 aromatic heterocycles. The number of likely N-dealkylation sites (N-methyl/N-ethyl adjacent to an activating group) is 1. The molecule has 0 fully saturated rings. The first-order valence-electron chi connectivity index (χ1n) is 8.04. The van der Waals surface area contributed by atoms with Crippen molar-refractivity contribution in [3.05, 3.63) is 63.4 Å². The lowest BCUT2D eigenvalue weighted by Gasteiger charge is -2.23. The van der Waals surface area contributed by atoms with Gasteiger partial charge in [0.05, 0.1) is 21.2 Å². The zero-order chi connectivity index (χ0) is 19.6. The molecule has 2 aromatic carbocycles. The van der Waals surface area contributed by atoms with Crippen LogP contribution in [0.25, 0.3) is 10.2 Å². The van der Waals surface area contributed by atoms with E-state index in [1.54, 1.807) is 7.05 Å². The summed E-state index contributed by atoms with van der Waals surface area (Å²) in [6.07, 6.45) is 0. The van der Waals surface area contributed by atoms with Gasteiger partial charge in [-0.25, -0.2) is 9.37 Å². The van der Waals surface area contributed by atoms with Gasteiger partial charge in [0.2, 0.25) is 5.75 Å². The van der Waals surface area contributed by atoms with E-state index in [-0.39, 0.29) is 11.8 Å². The summed E-state index contributed by atoms with van der Waals surface area (Å²) < 4.78 is 19.6. The van der Waals surface area contributed by atoms with Crippen LogP contribution in [0.1, 0.15) is 18.0 Å². The van der Waals surface area contributed by atoms with Gasteiger partial charge in [0.25, 0.3) is 5.91 Å². The number of nitro benzene ring substituents is 1. The molecule has 3 rings (SSSR count). The van der Waals surface area contributed by atoms with Crippen LogP contribution < -0.4 is 4.74 Å². The fourth-order valence-corrected chi connectivity index (χ4v) is 3.51. The highest BCUT2D eigenvalue weighted by atomic mass is 32.1. The fraction of sp³-hybridized carbons (Fsp3) is 0.222. The number of rotatable bonds is 6. The SMILES string of the molecule is C[C@H](c1nc2ccccc2s1)N(C)C(=O)COc1cc(F)ccc1[N+](=O)[O-]. The number of nitrogens with zero attached hydrogens (tertiary/aromatic N) is 3. The van der Waals surface area contributed by atoms with Crippen LogP contribution in [0.4, 0.5) is 10.1 Å². The second-order valence-corrected chi connectivity index (χ2v) is 6.92. The van der Waals surface area contributed by atoms with Crippen LogP contribution in [0.5, 0.6) is 5.75 Å². The smallest absolute Gasteiger partial charge is 0.311 e. The molecule has 7 nitrogen and oxygen atoms in total. The van der Waals surface area contributed by atoms with Gasteiger partial charge in [-0.2, -0.15) is 0 Å². The topological polar surface area (TPSA) is 85.6 Å². The monoisotopic (exact) mass is 389 g/mol. The quantitative estimate of drug-likeness (QED) is 0.471. The molecular formula is C18H16FN3O4S. The summed E-state index contributed by atoms with van der Waals surface area (Å²) in [6.45, 7) is 1.39. The van der Waals surface area contributed by atoms with Gasteiger partial charge >= 0.3 is 5.69 Å². The molecule has 0 spiro atoms. The molecule has 1 amide bonds. The number of carbonyl (C=O) groups is 1. The highest BCUT2D eigenvalue weighted by Crippen LogP contribution is 2.30. The predicted octanol–water partition coefficient (Wildman–Crippen LogP) is 3.94. The third-order valence-corrected chi connectivity index (χ3v) is 5.32. The number of nitro groups is 1. The molecule has 0 bridgehead atoms. The summed E-state index contributed by atoms with van der Waals surface area (Å²) in [7, 11) is 1.60. The molecule has 1 atom stereocenters. The largest absolute Gasteiger partial charge is 0.477 e. The Hall–Kier alpha value is -3.07. The molecule has 0 aliphatic carbocycles. The van der Waals surface area contributed by atoms with Crippen LogP contribution in [-0.4, -0.2) is 34.4 Å². The van der Waals surface area contributed by atoms with E-state index < -0.39 is 28.9 Å². The molecule has 0 saturated carbocycles. The van der Waals surface area contributed by atoms with E-state index >= 15 is 0 Å². The molecule has 0 unspecified atom stereocenters. The summed E-state index contributed by atoms with van der Waals surface area (Å²) in [5, 5.41) is 11.8. The Morgan fingerprint density at radius 1 is 1.37 bits per heavy atom. The van der Waals surface area contributed by atoms with Gasteiger partial charge in [0.1, 0.15) is 10.8 Å². The van der Waals surface area contributed by atoms with E-state index in [0.717, 1.165) is 33.4 Å². The number of thiazole rings is 1. The number of carbonyl (C=O) groups excluding carboxylic acids is 1. The first kappa shape index (κ1) is 18.7. The molecule has 0 saturated heterocycles. The van der Waals surface area contributed by atoms with Crippen LogP contribution in [0.2, 0.25) is 0 Å². The maximum absolute atomic E-state index is 13.3. The van der Waals surface area contributed by atoms with Crippen molar-refractivity contribution in [1.29, 1.82) is 0 Å². The summed E-state index contributed by atoms with van der Waals surface area (Å²) in [5.74, 6) is -1.37. The van der Waals surface area contributed by atoms with Gasteiger partial charge in [-0.05, 0) is 25.1 Å². The van der Waals surface area contributed by atoms with Gasteiger partial charge in [-0.3, -0.25) is 14.9 Å². The average Bonchev–Trinajstić information content (AvgIpc) is 3.08. The Bertz CT molecular complexity index is 974. The van der Waals surface area contributed by atoms with Gasteiger partial charge in [0.15, 0.2) is 6.61 Å². The van der Waals surface area contributed by atoms with Crippen molar-refractivity contribution in [1.82, 2.24) is 9.88 Å². The number of para-hydroxylation sites is 1. The lowest BCUT2D eigenvalue weighted by Crippen LogP contribution is -2.33. The normalized spacial score (nSPS) is 12.0. The Morgan fingerprint density at radius 2 is 2.11 bits per heavy atom. The summed E-state index contributed by atoms with van der Waals surface area (Å²) >= 11 is 1.49. The van der Waals surface area contributed by atoms with Crippen molar-refractivity contribution in [3.8, 4) is 5.75 Å². The molecule has 140 valence electrons. The minimum Gasteiger partial charge on any atom is -0.477 e. The van der Waals surface area contributed by atoms with E-state index in [4.69, 9.17) is 4.74 Å². The molecule has 27 heavy (non-hydrogen) atoms. The molecule has 3 aromatic rings. The van der Waals surface area contributed by atoms with Gasteiger partial charge < -0.3 is 9.64 Å². The number of hydrogen-bond acceptors (Lipinski definition) is 6. The number of ether oxygens (including phenoxy) is 1. The van der Waals surface area contributed by atoms with Crippen molar-refractivity contribution in [2.45, 2.75) is 13.0 Å². The van der Waals surface area contributed by atoms with Crippen molar-refractivity contribution in [3.63, 3.8) is 0 Å². The van der Waals surface area contributed by atoms with E-state index in [0.29, 0.717) is 0 Å². The third-order valence-electron chi connectivity index (χ3n) is 4.11. The van der Waals surface area contributed by atoms with Crippen molar-refractivity contribution >= 4 is 33.1 Å². The number of benzene rings is 2. The summed E-state index contributed by atoms with van der Waals surface area (Å²) in [6, 6.07) is 10.2. The molecule has 1 heterocycles. The van der Waals surface area contributed by atoms with Crippen LogP contribution >= 0.6 is 11.3 Å². The van der Waals surface area contributed by atoms with E-state index in [9.17, 15) is 19.3 Å². The second-order valence-electron chi connectivity index (χ2n) is 5.86. The average molecular weight is 389 g/mol. The van der Waals surface area contributed by atoms with Gasteiger partial charge in [0, 0.05) is 19.2 Å². The second kappa shape index (κ2) is 7.67. The Labute approximate surface area is 158 Å². The number of hydrogen-bond donors (Lipinski definition) is 0. The van der Waals surface area contributed by atoms with E-state index in [2.05, 4.69) is 4.98 Å². The fourth-order valence-electron chi connectivity index (χ4n) is 2.45. The van der Waals surface area contributed by atoms with Crippen molar-refractivity contribution in [2.24, 2.45) is 0 Å². The zero-order valence-electron chi connectivity index (χ0n) is 14.6. The molecule has 9 heteroatoms. The first-order chi connectivity index (χ1) is 12.9. The van der Waals surface area contributed by atoms with E-state index in [1.807, 2.05) is 31.2 Å². The number of aromatic nitrogens is 1. The Balaban J connectivity index is 1.70. The van der Waals surface area contributed by atoms with E-state index in [1.165, 1.54) is 16.2 Å². The van der Waals surface area contributed by atoms with Crippen molar-refractivity contribution < 1.29 is 18.8 Å². The van der Waals surface area contributed by atoms with Gasteiger partial charge in [-0.1, -0.05) is 12.1 Å². The highest BCUT2D eigenvalue weighted by molar-refractivity contribution is 7.18. The number of halogens is 1. The zero-order valence-corrected chi connectivity index (χ0v) is 15.4. The number of fused-ring (bicyclic) bond motifs is 1. The molecule has 0 aliphatic heterocycles. The molecule has 0 N–H and O–H groups in total. The lowest BCUT2D eigenvalue weighted by molar-refractivity contribution is -0.385. The molecule has 0 radical (unpaired) electrons. The highest BCUT2D eigenvalue weighted by Gasteiger charge is 2.23. The number of amides is 1. The summed E-state index contributed by atoms with van der Waals surface area (Å²) in [5.41, 5.74) is 0.461. The lowest BCUT2D eigenvalue weighted by atomic mass is 10.3. The maximum atomic E-state index is 13.3. The minimum atomic E-state index is -0.688. The van der Waals surface area contributed by atoms with Crippen LogP contribution in [0.3, 0.4) is 0 Å². The molecular weight excluding hydrogens is 373 g/mol. The maximum Gasteiger partial charge on any atom is 0.311 e. The predicted molar refractivity (Wildman–Crippen MR) is 99.4 cm³/mol. The summed E-state index contributed by atoms with van der Waals surface area (Å²) in [4.78, 5) is 28.7. The van der Waals surface area contributed by atoms with Crippen molar-refractivity contribution in [2.75, 3.05) is 13.7 Å². The molecule has 0 aliphatic rings. The van der Waals surface area contributed by atoms with Crippen LogP contribution in [0, 0.1) is 15.9 Å². The van der Waals surface area contributed by atoms with Crippen LogP contribution in [-0.2, 0) is 4.79 Å². The Morgan fingerprint density at radius 3 is 2.81 bits per heavy atom. The Kier molecular flexibility index (Phi) is 5.31. The first-order valence-corrected chi connectivity index (χ1v) is 8.86. The van der Waals surface area contributed by atoms with Gasteiger partial charge in [-0.15, -0.1) is 11.3 Å².